The van der Waals surface area contributed by atoms with Crippen molar-refractivity contribution in [2.24, 2.45) is 0 Å². The van der Waals surface area contributed by atoms with Crippen LogP contribution >= 0.6 is 11.8 Å². The van der Waals surface area contributed by atoms with E-state index >= 15 is 0 Å². The van der Waals surface area contributed by atoms with Crippen molar-refractivity contribution in [3.63, 3.8) is 0 Å². The maximum atomic E-state index is 14.6. The molecule has 166 valence electrons. The average Bonchev–Trinajstić information content (AvgIpc) is 2.79. The van der Waals surface area contributed by atoms with Crippen LogP contribution in [0.5, 0.6) is 0 Å². The largest absolute Gasteiger partial charge is 0.325 e. The number of para-hydroxylation sites is 2. The Balaban J connectivity index is 1.70. The Morgan fingerprint density at radius 3 is 2.52 bits per heavy atom. The van der Waals surface area contributed by atoms with Gasteiger partial charge in [0.05, 0.1) is 28.0 Å². The van der Waals surface area contributed by atoms with E-state index in [0.29, 0.717) is 22.8 Å². The van der Waals surface area contributed by atoms with E-state index in [0.717, 1.165) is 28.5 Å². The minimum absolute atomic E-state index is 0.0687. The summed E-state index contributed by atoms with van der Waals surface area (Å²) in [5.41, 5.74) is 0.389. The Hall–Kier alpha value is -3.85. The molecule has 0 spiro atoms. The second kappa shape index (κ2) is 9.33. The van der Waals surface area contributed by atoms with Gasteiger partial charge in [-0.2, -0.15) is 0 Å². The quantitative estimate of drug-likeness (QED) is 0.256. The van der Waals surface area contributed by atoms with Crippen LogP contribution in [0.1, 0.15) is 17.3 Å². The molecule has 33 heavy (non-hydrogen) atoms. The molecule has 0 atom stereocenters. The number of halogens is 2. The topological polar surface area (TPSA) is 81.1 Å². The standard InChI is InChI=1S/C24H17F2N3O3S/c1-14(30)16-6-2-4-8-19(16)27-22(31)13-33-24-28-20-9-5-3-7-17(20)23(32)29(24)21-11-10-15(25)12-18(21)26/h2-12H,13H2,1H3,(H,27,31). The van der Waals surface area contributed by atoms with Gasteiger partial charge in [0, 0.05) is 11.6 Å². The summed E-state index contributed by atoms with van der Waals surface area (Å²) >= 11 is 0.920. The maximum Gasteiger partial charge on any atom is 0.266 e. The number of ketones is 1. The Morgan fingerprint density at radius 1 is 1.03 bits per heavy atom. The van der Waals surface area contributed by atoms with Crippen LogP contribution in [0.15, 0.2) is 76.7 Å². The summed E-state index contributed by atoms with van der Waals surface area (Å²) in [6.45, 7) is 1.40. The van der Waals surface area contributed by atoms with Gasteiger partial charge in [-0.05, 0) is 43.3 Å². The lowest BCUT2D eigenvalue weighted by molar-refractivity contribution is -0.113. The van der Waals surface area contributed by atoms with E-state index in [-0.39, 0.29) is 27.8 Å². The predicted molar refractivity (Wildman–Crippen MR) is 123 cm³/mol. The van der Waals surface area contributed by atoms with Crippen molar-refractivity contribution in [1.82, 2.24) is 9.55 Å². The third-order valence-electron chi connectivity index (χ3n) is 4.81. The van der Waals surface area contributed by atoms with E-state index in [1.54, 1.807) is 48.5 Å². The fourth-order valence-corrected chi connectivity index (χ4v) is 4.11. The molecule has 0 saturated carbocycles. The highest BCUT2D eigenvalue weighted by atomic mass is 32.2. The summed E-state index contributed by atoms with van der Waals surface area (Å²) in [6, 6.07) is 16.0. The molecule has 1 N–H and O–H groups in total. The van der Waals surface area contributed by atoms with Crippen molar-refractivity contribution in [3.8, 4) is 5.69 Å². The van der Waals surface area contributed by atoms with Gasteiger partial charge in [0.15, 0.2) is 10.9 Å². The summed E-state index contributed by atoms with van der Waals surface area (Å²) < 4.78 is 29.0. The number of aromatic nitrogens is 2. The molecule has 4 rings (SSSR count). The molecule has 0 unspecified atom stereocenters. The number of thioether (sulfide) groups is 1. The normalized spacial score (nSPS) is 10.9. The van der Waals surface area contributed by atoms with Crippen LogP contribution < -0.4 is 10.9 Å². The van der Waals surface area contributed by atoms with Crippen LogP contribution in [0, 0.1) is 11.6 Å². The Kier molecular flexibility index (Phi) is 6.32. The second-order valence-electron chi connectivity index (χ2n) is 7.09. The third kappa shape index (κ3) is 4.68. The van der Waals surface area contributed by atoms with Crippen LogP contribution in [-0.4, -0.2) is 27.0 Å². The van der Waals surface area contributed by atoms with Gasteiger partial charge in [-0.1, -0.05) is 36.0 Å². The summed E-state index contributed by atoms with van der Waals surface area (Å²) in [7, 11) is 0. The minimum Gasteiger partial charge on any atom is -0.325 e. The molecule has 9 heteroatoms. The van der Waals surface area contributed by atoms with Crippen LogP contribution in [0.2, 0.25) is 0 Å². The van der Waals surface area contributed by atoms with Crippen molar-refractivity contribution in [2.75, 3.05) is 11.1 Å². The van der Waals surface area contributed by atoms with Crippen molar-refractivity contribution in [1.29, 1.82) is 0 Å². The summed E-state index contributed by atoms with van der Waals surface area (Å²) in [5.74, 6) is -2.52. The van der Waals surface area contributed by atoms with Gasteiger partial charge >= 0.3 is 0 Å². The number of fused-ring (bicyclic) bond motifs is 1. The zero-order valence-electron chi connectivity index (χ0n) is 17.3. The monoisotopic (exact) mass is 465 g/mol. The zero-order chi connectivity index (χ0) is 23.5. The molecular formula is C24H17F2N3O3S. The molecule has 4 aromatic rings. The van der Waals surface area contributed by atoms with E-state index in [9.17, 15) is 23.2 Å². The molecule has 3 aromatic carbocycles. The molecule has 0 aliphatic heterocycles. The van der Waals surface area contributed by atoms with Gasteiger partial charge in [0.1, 0.15) is 11.6 Å². The molecule has 0 bridgehead atoms. The maximum absolute atomic E-state index is 14.6. The van der Waals surface area contributed by atoms with Gasteiger partial charge in [-0.15, -0.1) is 0 Å². The first-order valence-electron chi connectivity index (χ1n) is 9.85. The summed E-state index contributed by atoms with van der Waals surface area (Å²) in [4.78, 5) is 42.0. The molecule has 0 aliphatic rings. The Bertz CT molecular complexity index is 1450. The Morgan fingerprint density at radius 2 is 1.76 bits per heavy atom. The fourth-order valence-electron chi connectivity index (χ4n) is 3.30. The smallest absolute Gasteiger partial charge is 0.266 e. The average molecular weight is 465 g/mol. The van der Waals surface area contributed by atoms with E-state index < -0.39 is 23.1 Å². The Labute approximate surface area is 191 Å². The van der Waals surface area contributed by atoms with E-state index in [1.807, 2.05) is 0 Å². The van der Waals surface area contributed by atoms with Crippen molar-refractivity contribution in [3.05, 3.63) is 94.3 Å². The van der Waals surface area contributed by atoms with Gasteiger partial charge in [-0.25, -0.2) is 13.8 Å². The lowest BCUT2D eigenvalue weighted by atomic mass is 10.1. The third-order valence-corrected chi connectivity index (χ3v) is 5.75. The first kappa shape index (κ1) is 22.3. The molecule has 0 aliphatic carbocycles. The number of nitrogens with zero attached hydrogens (tertiary/aromatic N) is 2. The number of benzene rings is 3. The molecule has 1 heterocycles. The van der Waals surface area contributed by atoms with Crippen LogP contribution in [-0.2, 0) is 4.79 Å². The highest BCUT2D eigenvalue weighted by molar-refractivity contribution is 7.99. The molecular weight excluding hydrogens is 448 g/mol. The van der Waals surface area contributed by atoms with Gasteiger partial charge < -0.3 is 5.32 Å². The number of rotatable bonds is 6. The number of Topliss-reactive ketones (excluding diaryl/α,β-unsaturated/α-hetero) is 1. The molecule has 0 fully saturated rings. The van der Waals surface area contributed by atoms with Crippen LogP contribution in [0.25, 0.3) is 16.6 Å². The number of carbonyl (C=O) groups is 2. The van der Waals surface area contributed by atoms with Gasteiger partial charge in [0.2, 0.25) is 5.91 Å². The predicted octanol–water partition coefficient (Wildman–Crippen LogP) is 4.60. The highest BCUT2D eigenvalue weighted by Gasteiger charge is 2.18. The summed E-state index contributed by atoms with van der Waals surface area (Å²) in [5, 5.41) is 3.00. The minimum atomic E-state index is -0.934. The van der Waals surface area contributed by atoms with Crippen LogP contribution in [0.4, 0.5) is 14.5 Å². The molecule has 6 nitrogen and oxygen atoms in total. The van der Waals surface area contributed by atoms with Crippen molar-refractivity contribution < 1.29 is 18.4 Å². The molecule has 0 radical (unpaired) electrons. The van der Waals surface area contributed by atoms with E-state index in [1.165, 1.54) is 6.92 Å². The molecule has 0 saturated heterocycles. The second-order valence-corrected chi connectivity index (χ2v) is 8.03. The van der Waals surface area contributed by atoms with E-state index in [2.05, 4.69) is 10.3 Å². The van der Waals surface area contributed by atoms with Gasteiger partial charge in [0.25, 0.3) is 5.56 Å². The number of carbonyl (C=O) groups excluding carboxylic acids is 2. The number of hydrogen-bond acceptors (Lipinski definition) is 5. The van der Waals surface area contributed by atoms with E-state index in [4.69, 9.17) is 0 Å². The lowest BCUT2D eigenvalue weighted by Gasteiger charge is -2.14. The SMILES string of the molecule is CC(=O)c1ccccc1NC(=O)CSc1nc2ccccc2c(=O)n1-c1ccc(F)cc1F. The fraction of sp³-hybridized carbons (Fsp3) is 0.0833. The van der Waals surface area contributed by atoms with Crippen LogP contribution in [0.3, 0.4) is 0 Å². The first-order chi connectivity index (χ1) is 15.8. The number of amides is 1. The van der Waals surface area contributed by atoms with Gasteiger partial charge in [-0.3, -0.25) is 19.0 Å². The molecule has 1 amide bonds. The number of hydrogen-bond donors (Lipinski definition) is 1. The summed E-state index contributed by atoms with van der Waals surface area (Å²) in [6.07, 6.45) is 0. The van der Waals surface area contributed by atoms with Crippen molar-refractivity contribution in [2.45, 2.75) is 12.1 Å². The first-order valence-corrected chi connectivity index (χ1v) is 10.8. The lowest BCUT2D eigenvalue weighted by Crippen LogP contribution is -2.24. The molecule has 1 aromatic heterocycles. The highest BCUT2D eigenvalue weighted by Crippen LogP contribution is 2.24. The number of nitrogens with one attached hydrogen (secondary N) is 1. The van der Waals surface area contributed by atoms with Crippen molar-refractivity contribution >= 4 is 40.0 Å². The zero-order valence-corrected chi connectivity index (χ0v) is 18.2. The number of anilines is 1.